The zero-order chi connectivity index (χ0) is 17.6. The summed E-state index contributed by atoms with van der Waals surface area (Å²) in [6.45, 7) is 1.71. The summed E-state index contributed by atoms with van der Waals surface area (Å²) in [4.78, 5) is 13.0. The molecule has 0 amide bonds. The number of hydrogen-bond donors (Lipinski definition) is 2. The highest BCUT2D eigenvalue weighted by Crippen LogP contribution is 2.26. The van der Waals surface area contributed by atoms with Gasteiger partial charge in [0, 0.05) is 36.9 Å². The Bertz CT molecular complexity index is 1060. The summed E-state index contributed by atoms with van der Waals surface area (Å²) in [5, 5.41) is 9.86. The highest BCUT2D eigenvalue weighted by atomic mass is 16.3. The Kier molecular flexibility index (Phi) is 3.51. The van der Waals surface area contributed by atoms with Crippen LogP contribution in [-0.4, -0.2) is 29.2 Å². The van der Waals surface area contributed by atoms with Gasteiger partial charge >= 0.3 is 0 Å². The van der Waals surface area contributed by atoms with Crippen LogP contribution in [0.5, 0.6) is 0 Å². The number of aromatic nitrogens is 5. The number of nitrogens with zero attached hydrogens (tertiary/aromatic N) is 5. The average Bonchev–Trinajstić information content (AvgIpc) is 3.19. The van der Waals surface area contributed by atoms with Crippen molar-refractivity contribution in [3.63, 3.8) is 0 Å². The fourth-order valence-corrected chi connectivity index (χ4v) is 3.04. The Balaban J connectivity index is 1.85. The van der Waals surface area contributed by atoms with Crippen LogP contribution in [0.4, 0.5) is 5.82 Å². The summed E-state index contributed by atoms with van der Waals surface area (Å²) in [5.41, 5.74) is 9.41. The second-order valence-electron chi connectivity index (χ2n) is 5.97. The van der Waals surface area contributed by atoms with E-state index in [2.05, 4.69) is 15.0 Å². The maximum absolute atomic E-state index is 9.86. The van der Waals surface area contributed by atoms with Crippen LogP contribution in [0, 0.1) is 0 Å². The van der Waals surface area contributed by atoms with E-state index in [1.807, 2.05) is 46.6 Å². The number of rotatable bonds is 3. The summed E-state index contributed by atoms with van der Waals surface area (Å²) in [5.74, 6) is 1.87. The average molecular weight is 334 g/mol. The summed E-state index contributed by atoms with van der Waals surface area (Å²) < 4.78 is 3.88. The maximum atomic E-state index is 9.86. The fraction of sp³-hybridized carbons (Fsp3) is 0.167. The Morgan fingerprint density at radius 3 is 2.72 bits per heavy atom. The molecule has 7 heteroatoms. The van der Waals surface area contributed by atoms with Gasteiger partial charge in [-0.15, -0.1) is 0 Å². The minimum atomic E-state index is -0.621. The smallest absolute Gasteiger partial charge is 0.144 e. The second kappa shape index (κ2) is 5.71. The molecular formula is C18H18N6O. The lowest BCUT2D eigenvalue weighted by Crippen LogP contribution is -2.01. The molecular weight excluding hydrogens is 316 g/mol. The van der Waals surface area contributed by atoms with Gasteiger partial charge in [-0.25, -0.2) is 15.0 Å². The third kappa shape index (κ3) is 2.54. The molecule has 0 aliphatic carbocycles. The van der Waals surface area contributed by atoms with Crippen molar-refractivity contribution >= 4 is 16.9 Å². The van der Waals surface area contributed by atoms with Crippen LogP contribution >= 0.6 is 0 Å². The Hall–Kier alpha value is -3.19. The van der Waals surface area contributed by atoms with Crippen molar-refractivity contribution in [3.05, 3.63) is 54.7 Å². The molecule has 0 aliphatic heterocycles. The molecule has 0 fully saturated rings. The van der Waals surface area contributed by atoms with Gasteiger partial charge in [-0.3, -0.25) is 4.57 Å². The van der Waals surface area contributed by atoms with E-state index >= 15 is 0 Å². The number of pyridine rings is 1. The van der Waals surface area contributed by atoms with Gasteiger partial charge in [0.1, 0.15) is 23.6 Å². The van der Waals surface area contributed by atoms with E-state index in [0.717, 1.165) is 28.1 Å². The SMILES string of the molecule is CC(O)c1nc2cc(-n3ccnc3-c3ccnc(N)c3)ccc2n1C. The minimum Gasteiger partial charge on any atom is -0.385 e. The number of aliphatic hydroxyl groups excluding tert-OH is 1. The normalized spacial score (nSPS) is 12.6. The number of aryl methyl sites for hydroxylation is 1. The van der Waals surface area contributed by atoms with Crippen molar-refractivity contribution in [1.82, 2.24) is 24.1 Å². The van der Waals surface area contributed by atoms with Crippen LogP contribution in [0.3, 0.4) is 0 Å². The molecule has 4 aromatic rings. The number of hydrogen-bond acceptors (Lipinski definition) is 5. The largest absolute Gasteiger partial charge is 0.385 e. The molecule has 7 nitrogen and oxygen atoms in total. The predicted molar refractivity (Wildman–Crippen MR) is 96.1 cm³/mol. The molecule has 3 N–H and O–H groups in total. The molecule has 25 heavy (non-hydrogen) atoms. The van der Waals surface area contributed by atoms with Gasteiger partial charge < -0.3 is 15.4 Å². The number of imidazole rings is 2. The summed E-state index contributed by atoms with van der Waals surface area (Å²) in [6, 6.07) is 9.65. The molecule has 0 bridgehead atoms. The number of nitrogens with two attached hydrogens (primary N) is 1. The van der Waals surface area contributed by atoms with E-state index in [1.165, 1.54) is 0 Å². The number of nitrogen functional groups attached to an aromatic ring is 1. The third-order valence-corrected chi connectivity index (χ3v) is 4.23. The Morgan fingerprint density at radius 2 is 1.96 bits per heavy atom. The fourth-order valence-electron chi connectivity index (χ4n) is 3.04. The van der Waals surface area contributed by atoms with Crippen molar-refractivity contribution in [3.8, 4) is 17.1 Å². The first kappa shape index (κ1) is 15.3. The molecule has 3 aromatic heterocycles. The summed E-state index contributed by atoms with van der Waals surface area (Å²) in [6.07, 6.45) is 4.69. The number of fused-ring (bicyclic) bond motifs is 1. The van der Waals surface area contributed by atoms with Gasteiger partial charge in [0.2, 0.25) is 0 Å². The highest BCUT2D eigenvalue weighted by Gasteiger charge is 2.14. The topological polar surface area (TPSA) is 94.8 Å². The first-order valence-electron chi connectivity index (χ1n) is 7.94. The van der Waals surface area contributed by atoms with E-state index in [0.29, 0.717) is 11.6 Å². The maximum Gasteiger partial charge on any atom is 0.144 e. The molecule has 0 spiro atoms. The standard InChI is InChI=1S/C18H18N6O/c1-11(25)17-22-14-10-13(3-4-15(14)23(17)2)24-8-7-21-18(24)12-5-6-20-16(19)9-12/h3-11,25H,1-2H3,(H2,19,20). The van der Waals surface area contributed by atoms with Crippen LogP contribution in [0.2, 0.25) is 0 Å². The number of anilines is 1. The van der Waals surface area contributed by atoms with Crippen LogP contribution in [0.15, 0.2) is 48.9 Å². The molecule has 0 aliphatic rings. The molecule has 0 saturated heterocycles. The van der Waals surface area contributed by atoms with Crippen molar-refractivity contribution in [1.29, 1.82) is 0 Å². The molecule has 0 saturated carbocycles. The quantitative estimate of drug-likeness (QED) is 0.600. The first-order chi connectivity index (χ1) is 12.0. The van der Waals surface area contributed by atoms with E-state index in [-0.39, 0.29) is 0 Å². The van der Waals surface area contributed by atoms with Crippen molar-refractivity contribution in [2.45, 2.75) is 13.0 Å². The van der Waals surface area contributed by atoms with Crippen LogP contribution in [-0.2, 0) is 7.05 Å². The van der Waals surface area contributed by atoms with E-state index in [4.69, 9.17) is 5.73 Å². The molecule has 0 radical (unpaired) electrons. The zero-order valence-corrected chi connectivity index (χ0v) is 14.0. The molecule has 3 heterocycles. The monoisotopic (exact) mass is 334 g/mol. The third-order valence-electron chi connectivity index (χ3n) is 4.23. The summed E-state index contributed by atoms with van der Waals surface area (Å²) in [7, 11) is 1.90. The Morgan fingerprint density at radius 1 is 1.12 bits per heavy atom. The van der Waals surface area contributed by atoms with Crippen molar-refractivity contribution in [2.24, 2.45) is 7.05 Å². The van der Waals surface area contributed by atoms with Gasteiger partial charge in [-0.1, -0.05) is 0 Å². The molecule has 1 unspecified atom stereocenters. The highest BCUT2D eigenvalue weighted by molar-refractivity contribution is 5.79. The lowest BCUT2D eigenvalue weighted by atomic mass is 10.2. The lowest BCUT2D eigenvalue weighted by Gasteiger charge is -2.08. The van der Waals surface area contributed by atoms with Crippen LogP contribution < -0.4 is 5.73 Å². The first-order valence-corrected chi connectivity index (χ1v) is 7.94. The van der Waals surface area contributed by atoms with Crippen molar-refractivity contribution < 1.29 is 5.11 Å². The number of benzene rings is 1. The van der Waals surface area contributed by atoms with E-state index in [1.54, 1.807) is 25.4 Å². The molecule has 4 rings (SSSR count). The van der Waals surface area contributed by atoms with E-state index in [9.17, 15) is 5.11 Å². The van der Waals surface area contributed by atoms with E-state index < -0.39 is 6.10 Å². The van der Waals surface area contributed by atoms with Crippen molar-refractivity contribution in [2.75, 3.05) is 5.73 Å². The lowest BCUT2D eigenvalue weighted by molar-refractivity contribution is 0.186. The minimum absolute atomic E-state index is 0.453. The zero-order valence-electron chi connectivity index (χ0n) is 14.0. The van der Waals surface area contributed by atoms with Gasteiger partial charge in [0.25, 0.3) is 0 Å². The number of aliphatic hydroxyl groups is 1. The predicted octanol–water partition coefficient (Wildman–Crippen LogP) is 2.46. The molecule has 126 valence electrons. The Labute approximate surface area is 144 Å². The molecule has 1 atom stereocenters. The summed E-state index contributed by atoms with van der Waals surface area (Å²) >= 11 is 0. The van der Waals surface area contributed by atoms with Gasteiger partial charge in [0.05, 0.1) is 11.0 Å². The van der Waals surface area contributed by atoms with Gasteiger partial charge in [0.15, 0.2) is 0 Å². The van der Waals surface area contributed by atoms with Crippen LogP contribution in [0.1, 0.15) is 18.9 Å². The van der Waals surface area contributed by atoms with Crippen LogP contribution in [0.25, 0.3) is 28.1 Å². The second-order valence-corrected chi connectivity index (χ2v) is 5.97. The van der Waals surface area contributed by atoms with Gasteiger partial charge in [-0.2, -0.15) is 0 Å². The molecule has 1 aromatic carbocycles. The van der Waals surface area contributed by atoms with Gasteiger partial charge in [-0.05, 0) is 37.3 Å².